The lowest BCUT2D eigenvalue weighted by Crippen LogP contribution is -2.41. The Balaban J connectivity index is 2.01. The molecular weight excluding hydrogens is 267 g/mol. The summed E-state index contributed by atoms with van der Waals surface area (Å²) >= 11 is 0. The first kappa shape index (κ1) is 14.2. The van der Waals surface area contributed by atoms with Crippen LogP contribution in [0.2, 0.25) is 0 Å². The number of benzene rings is 1. The van der Waals surface area contributed by atoms with E-state index < -0.39 is 6.10 Å². The van der Waals surface area contributed by atoms with Crippen LogP contribution >= 0.6 is 0 Å². The Labute approximate surface area is 124 Å². The van der Waals surface area contributed by atoms with Gasteiger partial charge >= 0.3 is 0 Å². The molecule has 0 spiro atoms. The number of rotatable bonds is 1. The predicted octanol–water partition coefficient (Wildman–Crippen LogP) is 3.66. The highest BCUT2D eigenvalue weighted by Crippen LogP contribution is 2.48. The van der Waals surface area contributed by atoms with E-state index in [1.54, 1.807) is 30.4 Å². The van der Waals surface area contributed by atoms with Gasteiger partial charge in [0.2, 0.25) is 0 Å². The number of carbonyl (C=O) groups excluding carboxylic acids is 1. The lowest BCUT2D eigenvalue weighted by atomic mass is 9.63. The first-order chi connectivity index (χ1) is 10.0. The molecule has 1 saturated carbocycles. The maximum atomic E-state index is 13.8. The molecule has 21 heavy (non-hydrogen) atoms. The summed E-state index contributed by atoms with van der Waals surface area (Å²) in [5.74, 6) is -0.387. The van der Waals surface area contributed by atoms with Crippen molar-refractivity contribution in [3.05, 3.63) is 52.9 Å². The number of hydrogen-bond acceptors (Lipinski definition) is 2. The standard InChI is InChI=1S/C18H19FO2/c1-18-11-13(9-12-5-2-3-7-15(12)19)16(20)10-14(18)6-4-8-17(18)21/h2-3,5,7,9-10,17,21H,4,6,8,11H2,1H3/t17-,18-/m0/s1. The van der Waals surface area contributed by atoms with Gasteiger partial charge in [-0.3, -0.25) is 4.79 Å². The molecule has 0 bridgehead atoms. The Hall–Kier alpha value is -1.74. The molecule has 0 saturated heterocycles. The van der Waals surface area contributed by atoms with Crippen molar-refractivity contribution in [3.8, 4) is 0 Å². The first-order valence-corrected chi connectivity index (χ1v) is 7.39. The van der Waals surface area contributed by atoms with Crippen molar-refractivity contribution in [3.63, 3.8) is 0 Å². The molecular formula is C18H19FO2. The molecule has 0 unspecified atom stereocenters. The number of hydrogen-bond donors (Lipinski definition) is 1. The third-order valence-corrected chi connectivity index (χ3v) is 4.81. The molecule has 0 aliphatic heterocycles. The van der Waals surface area contributed by atoms with Crippen molar-refractivity contribution in [1.29, 1.82) is 0 Å². The Morgan fingerprint density at radius 2 is 2.14 bits per heavy atom. The molecule has 2 atom stereocenters. The van der Waals surface area contributed by atoms with E-state index in [4.69, 9.17) is 0 Å². The van der Waals surface area contributed by atoms with Crippen LogP contribution in [0, 0.1) is 11.2 Å². The molecule has 1 fully saturated rings. The van der Waals surface area contributed by atoms with E-state index in [9.17, 15) is 14.3 Å². The van der Waals surface area contributed by atoms with Gasteiger partial charge in [-0.1, -0.05) is 30.7 Å². The van der Waals surface area contributed by atoms with Crippen LogP contribution in [0.25, 0.3) is 6.08 Å². The Morgan fingerprint density at radius 1 is 1.38 bits per heavy atom. The number of ketones is 1. The minimum absolute atomic E-state index is 0.0557. The molecule has 1 aromatic rings. The van der Waals surface area contributed by atoms with Crippen molar-refractivity contribution >= 4 is 11.9 Å². The Kier molecular flexibility index (Phi) is 3.54. The van der Waals surface area contributed by atoms with Gasteiger partial charge in [0.25, 0.3) is 0 Å². The van der Waals surface area contributed by atoms with Crippen molar-refractivity contribution in [1.82, 2.24) is 0 Å². The second kappa shape index (κ2) is 5.23. The third kappa shape index (κ3) is 2.46. The number of aliphatic hydroxyl groups excluding tert-OH is 1. The van der Waals surface area contributed by atoms with Gasteiger partial charge in [0.1, 0.15) is 5.82 Å². The molecule has 0 aromatic heterocycles. The number of halogens is 1. The summed E-state index contributed by atoms with van der Waals surface area (Å²) in [7, 11) is 0. The monoisotopic (exact) mass is 286 g/mol. The maximum Gasteiger partial charge on any atom is 0.181 e. The van der Waals surface area contributed by atoms with E-state index in [1.807, 2.05) is 6.92 Å². The van der Waals surface area contributed by atoms with Gasteiger partial charge in [-0.15, -0.1) is 0 Å². The molecule has 2 nitrogen and oxygen atoms in total. The fraction of sp³-hybridized carbons (Fsp3) is 0.389. The molecule has 1 aromatic carbocycles. The van der Waals surface area contributed by atoms with Gasteiger partial charge in [-0.2, -0.15) is 0 Å². The lowest BCUT2D eigenvalue weighted by molar-refractivity contribution is -0.112. The van der Waals surface area contributed by atoms with E-state index in [2.05, 4.69) is 0 Å². The minimum Gasteiger partial charge on any atom is -0.392 e. The normalized spacial score (nSPS) is 31.0. The maximum absolute atomic E-state index is 13.8. The number of allylic oxidation sites excluding steroid dienone is 2. The van der Waals surface area contributed by atoms with Crippen molar-refractivity contribution in [2.24, 2.45) is 5.41 Å². The van der Waals surface area contributed by atoms with Gasteiger partial charge in [-0.25, -0.2) is 4.39 Å². The van der Waals surface area contributed by atoms with E-state index in [0.29, 0.717) is 17.6 Å². The summed E-state index contributed by atoms with van der Waals surface area (Å²) in [6.45, 7) is 2.00. The average molecular weight is 286 g/mol. The molecule has 2 aliphatic carbocycles. The van der Waals surface area contributed by atoms with Crippen LogP contribution in [0.1, 0.15) is 38.2 Å². The molecule has 0 amide bonds. The Bertz CT molecular complexity index is 644. The molecule has 0 radical (unpaired) electrons. The number of aliphatic hydroxyl groups is 1. The van der Waals surface area contributed by atoms with Crippen LogP contribution in [-0.4, -0.2) is 17.0 Å². The quantitative estimate of drug-likeness (QED) is 0.800. The van der Waals surface area contributed by atoms with Crippen molar-refractivity contribution < 1.29 is 14.3 Å². The smallest absolute Gasteiger partial charge is 0.181 e. The van der Waals surface area contributed by atoms with Gasteiger partial charge in [-0.05, 0) is 43.9 Å². The fourth-order valence-corrected chi connectivity index (χ4v) is 3.41. The van der Waals surface area contributed by atoms with Gasteiger partial charge in [0.15, 0.2) is 5.78 Å². The van der Waals surface area contributed by atoms with E-state index in [1.165, 1.54) is 6.07 Å². The van der Waals surface area contributed by atoms with E-state index >= 15 is 0 Å². The topological polar surface area (TPSA) is 37.3 Å². The highest BCUT2D eigenvalue weighted by atomic mass is 19.1. The van der Waals surface area contributed by atoms with Crippen LogP contribution in [0.5, 0.6) is 0 Å². The number of fused-ring (bicyclic) bond motifs is 1. The van der Waals surface area contributed by atoms with Gasteiger partial charge in [0.05, 0.1) is 6.10 Å². The zero-order valence-corrected chi connectivity index (χ0v) is 12.1. The summed E-state index contributed by atoms with van der Waals surface area (Å²) in [6, 6.07) is 6.43. The average Bonchev–Trinajstić information content (AvgIpc) is 2.45. The molecule has 3 rings (SSSR count). The highest BCUT2D eigenvalue weighted by Gasteiger charge is 2.43. The second-order valence-electron chi connectivity index (χ2n) is 6.23. The van der Waals surface area contributed by atoms with Crippen LogP contribution in [-0.2, 0) is 4.79 Å². The van der Waals surface area contributed by atoms with Crippen LogP contribution in [0.15, 0.2) is 41.5 Å². The lowest BCUT2D eigenvalue weighted by Gasteiger charge is -2.43. The Morgan fingerprint density at radius 3 is 2.90 bits per heavy atom. The number of carbonyl (C=O) groups is 1. The van der Waals surface area contributed by atoms with E-state index in [-0.39, 0.29) is 17.0 Å². The fourth-order valence-electron chi connectivity index (χ4n) is 3.41. The van der Waals surface area contributed by atoms with Crippen LogP contribution in [0.3, 0.4) is 0 Å². The zero-order valence-electron chi connectivity index (χ0n) is 12.1. The second-order valence-corrected chi connectivity index (χ2v) is 6.23. The van der Waals surface area contributed by atoms with Crippen LogP contribution < -0.4 is 0 Å². The SMILES string of the molecule is C[C@]12CC(=Cc3ccccc3F)C(=O)C=C1CCC[C@@H]2O. The summed E-state index contributed by atoms with van der Waals surface area (Å²) in [5, 5.41) is 10.3. The largest absolute Gasteiger partial charge is 0.392 e. The molecule has 2 aliphatic rings. The molecule has 110 valence electrons. The van der Waals surface area contributed by atoms with Crippen molar-refractivity contribution in [2.75, 3.05) is 0 Å². The van der Waals surface area contributed by atoms with E-state index in [0.717, 1.165) is 24.8 Å². The predicted molar refractivity (Wildman–Crippen MR) is 80.0 cm³/mol. The third-order valence-electron chi connectivity index (χ3n) is 4.81. The molecule has 1 N–H and O–H groups in total. The summed E-state index contributed by atoms with van der Waals surface area (Å²) in [4.78, 5) is 12.3. The van der Waals surface area contributed by atoms with Gasteiger partial charge in [0, 0.05) is 16.6 Å². The van der Waals surface area contributed by atoms with Crippen molar-refractivity contribution in [2.45, 2.75) is 38.7 Å². The van der Waals surface area contributed by atoms with Gasteiger partial charge < -0.3 is 5.11 Å². The summed E-state index contributed by atoms with van der Waals surface area (Å²) in [5.41, 5.74) is 1.65. The molecule has 3 heteroatoms. The molecule has 0 heterocycles. The summed E-state index contributed by atoms with van der Waals surface area (Å²) < 4.78 is 13.8. The summed E-state index contributed by atoms with van der Waals surface area (Å²) in [6.07, 6.45) is 5.86. The van der Waals surface area contributed by atoms with Crippen LogP contribution in [0.4, 0.5) is 4.39 Å². The zero-order chi connectivity index (χ0) is 15.0. The first-order valence-electron chi connectivity index (χ1n) is 7.39. The highest BCUT2D eigenvalue weighted by molar-refractivity contribution is 6.08. The minimum atomic E-state index is -0.436.